The van der Waals surface area contributed by atoms with Gasteiger partial charge in [-0.2, -0.15) is 0 Å². The van der Waals surface area contributed by atoms with Crippen LogP contribution in [0, 0.1) is 5.82 Å². The number of esters is 1. The second-order valence-electron chi connectivity index (χ2n) is 7.18. The van der Waals surface area contributed by atoms with E-state index in [-0.39, 0.29) is 41.5 Å². The molecule has 0 fully saturated rings. The molecule has 6 heteroatoms. The van der Waals surface area contributed by atoms with Crippen LogP contribution in [-0.4, -0.2) is 29.1 Å². The number of rotatable bonds is 4. The summed E-state index contributed by atoms with van der Waals surface area (Å²) in [5.74, 6) is -2.23. The third kappa shape index (κ3) is 3.20. The van der Waals surface area contributed by atoms with Crippen molar-refractivity contribution in [1.82, 2.24) is 5.32 Å². The summed E-state index contributed by atoms with van der Waals surface area (Å²) in [7, 11) is 0. The lowest BCUT2D eigenvalue weighted by molar-refractivity contribution is -0.150. The van der Waals surface area contributed by atoms with Gasteiger partial charge in [0.2, 0.25) is 0 Å². The highest BCUT2D eigenvalue weighted by Gasteiger charge is 2.46. The van der Waals surface area contributed by atoms with Crippen molar-refractivity contribution < 1.29 is 23.8 Å². The second kappa shape index (κ2) is 7.20. The highest BCUT2D eigenvalue weighted by molar-refractivity contribution is 6.05. The minimum atomic E-state index is -1.30. The van der Waals surface area contributed by atoms with Gasteiger partial charge in [-0.05, 0) is 24.1 Å². The molecular formula is C23H20FNO4. The number of amides is 1. The number of hydrogen-bond donors (Lipinski definition) is 2. The molecule has 3 aromatic carbocycles. The van der Waals surface area contributed by atoms with Crippen LogP contribution in [0.25, 0.3) is 10.8 Å². The number of benzene rings is 3. The zero-order chi connectivity index (χ0) is 20.6. The molecule has 1 aliphatic rings. The fourth-order valence-corrected chi connectivity index (χ4v) is 3.94. The molecule has 2 N–H and O–H groups in total. The Morgan fingerprint density at radius 2 is 1.66 bits per heavy atom. The number of nitrogens with one attached hydrogen (secondary N) is 1. The van der Waals surface area contributed by atoms with Crippen LogP contribution >= 0.6 is 0 Å². The van der Waals surface area contributed by atoms with Gasteiger partial charge in [0.1, 0.15) is 17.1 Å². The van der Waals surface area contributed by atoms with Crippen LogP contribution in [0.5, 0.6) is 5.75 Å². The number of carbonyl (C=O) groups is 2. The van der Waals surface area contributed by atoms with Crippen molar-refractivity contribution >= 4 is 22.6 Å². The molecule has 0 atom stereocenters. The van der Waals surface area contributed by atoms with Crippen LogP contribution in [0.4, 0.5) is 4.39 Å². The topological polar surface area (TPSA) is 75.6 Å². The van der Waals surface area contributed by atoms with E-state index in [2.05, 4.69) is 5.32 Å². The molecule has 1 aliphatic carbocycles. The van der Waals surface area contributed by atoms with E-state index in [1.807, 2.05) is 24.3 Å². The molecule has 29 heavy (non-hydrogen) atoms. The first-order chi connectivity index (χ1) is 13.9. The number of hydrogen-bond acceptors (Lipinski definition) is 4. The Labute approximate surface area is 167 Å². The summed E-state index contributed by atoms with van der Waals surface area (Å²) < 4.78 is 19.7. The Morgan fingerprint density at radius 1 is 1.07 bits per heavy atom. The summed E-state index contributed by atoms with van der Waals surface area (Å²) in [5.41, 5.74) is 0.357. The number of halogens is 1. The number of phenols is 1. The molecule has 5 nitrogen and oxygen atoms in total. The first kappa shape index (κ1) is 18.9. The van der Waals surface area contributed by atoms with Crippen LogP contribution in [0.15, 0.2) is 54.6 Å². The predicted octanol–water partition coefficient (Wildman–Crippen LogP) is 3.52. The van der Waals surface area contributed by atoms with Gasteiger partial charge in [0.05, 0.1) is 12.2 Å². The standard InChI is InChI=1S/C23H20FNO4/c1-2-29-22(28)23(12-14-7-3-4-8-15(14)13-23)25-21(27)18-11-19(24)16-9-5-6-10-17(16)20(18)26/h3-11,26H,2,12-13H2,1H3,(H,25,27). The molecule has 0 aliphatic heterocycles. The first-order valence-electron chi connectivity index (χ1n) is 9.42. The van der Waals surface area contributed by atoms with Crippen LogP contribution in [0.3, 0.4) is 0 Å². The van der Waals surface area contributed by atoms with Crippen molar-refractivity contribution in [3.8, 4) is 5.75 Å². The van der Waals surface area contributed by atoms with Crippen molar-refractivity contribution in [3.05, 3.63) is 77.1 Å². The van der Waals surface area contributed by atoms with Crippen LogP contribution in [-0.2, 0) is 22.4 Å². The van der Waals surface area contributed by atoms with Crippen molar-refractivity contribution in [3.63, 3.8) is 0 Å². The van der Waals surface area contributed by atoms with Crippen molar-refractivity contribution in [2.24, 2.45) is 0 Å². The van der Waals surface area contributed by atoms with Gasteiger partial charge in [-0.25, -0.2) is 9.18 Å². The number of fused-ring (bicyclic) bond motifs is 2. The molecule has 3 aromatic rings. The molecule has 1 amide bonds. The molecule has 4 rings (SSSR count). The van der Waals surface area contributed by atoms with Crippen LogP contribution in [0.2, 0.25) is 0 Å². The van der Waals surface area contributed by atoms with E-state index in [1.54, 1.807) is 19.1 Å². The summed E-state index contributed by atoms with van der Waals surface area (Å²) in [4.78, 5) is 25.8. The number of phenolic OH excluding ortho intramolecular Hbond substituents is 1. The first-order valence-corrected chi connectivity index (χ1v) is 9.42. The molecule has 0 spiro atoms. The zero-order valence-electron chi connectivity index (χ0n) is 15.9. The SMILES string of the molecule is CCOC(=O)C1(NC(=O)c2cc(F)c3ccccc3c2O)Cc2ccccc2C1. The van der Waals surface area contributed by atoms with E-state index >= 15 is 0 Å². The van der Waals surface area contributed by atoms with E-state index in [0.29, 0.717) is 0 Å². The Morgan fingerprint density at radius 3 is 2.28 bits per heavy atom. The minimum Gasteiger partial charge on any atom is -0.506 e. The molecule has 0 heterocycles. The van der Waals surface area contributed by atoms with Crippen LogP contribution in [0.1, 0.15) is 28.4 Å². The maximum atomic E-state index is 14.5. The molecular weight excluding hydrogens is 373 g/mol. The third-order valence-electron chi connectivity index (χ3n) is 5.33. The summed E-state index contributed by atoms with van der Waals surface area (Å²) in [6.07, 6.45) is 0.537. The highest BCUT2D eigenvalue weighted by Crippen LogP contribution is 2.34. The van der Waals surface area contributed by atoms with E-state index in [1.165, 1.54) is 12.1 Å². The Hall–Kier alpha value is -3.41. The smallest absolute Gasteiger partial charge is 0.332 e. The molecule has 148 valence electrons. The molecule has 0 aromatic heterocycles. The maximum Gasteiger partial charge on any atom is 0.332 e. The van der Waals surface area contributed by atoms with Gasteiger partial charge in [-0.15, -0.1) is 0 Å². The van der Waals surface area contributed by atoms with Crippen molar-refractivity contribution in [1.29, 1.82) is 0 Å². The van der Waals surface area contributed by atoms with E-state index in [4.69, 9.17) is 4.74 Å². The van der Waals surface area contributed by atoms with E-state index in [9.17, 15) is 19.1 Å². The number of carbonyl (C=O) groups excluding carboxylic acids is 2. The van der Waals surface area contributed by atoms with E-state index in [0.717, 1.165) is 17.2 Å². The maximum absolute atomic E-state index is 14.5. The van der Waals surface area contributed by atoms with Gasteiger partial charge in [0, 0.05) is 23.6 Å². The van der Waals surface area contributed by atoms with Gasteiger partial charge < -0.3 is 15.2 Å². The minimum absolute atomic E-state index is 0.169. The lowest BCUT2D eigenvalue weighted by Gasteiger charge is -2.28. The van der Waals surface area contributed by atoms with Crippen molar-refractivity contribution in [2.45, 2.75) is 25.3 Å². The van der Waals surface area contributed by atoms with Gasteiger partial charge in [0.25, 0.3) is 5.91 Å². The van der Waals surface area contributed by atoms with Gasteiger partial charge >= 0.3 is 5.97 Å². The summed E-state index contributed by atoms with van der Waals surface area (Å²) in [6.45, 7) is 1.86. The summed E-state index contributed by atoms with van der Waals surface area (Å²) >= 11 is 0. The normalized spacial score (nSPS) is 14.4. The third-order valence-corrected chi connectivity index (χ3v) is 5.33. The molecule has 0 unspecified atom stereocenters. The predicted molar refractivity (Wildman–Crippen MR) is 106 cm³/mol. The monoisotopic (exact) mass is 393 g/mol. The number of ether oxygens (including phenoxy) is 1. The summed E-state index contributed by atoms with van der Waals surface area (Å²) in [6, 6.07) is 14.9. The lowest BCUT2D eigenvalue weighted by Crippen LogP contribution is -2.56. The average Bonchev–Trinajstić information content (AvgIpc) is 3.10. The summed E-state index contributed by atoms with van der Waals surface area (Å²) in [5, 5.41) is 13.8. The van der Waals surface area contributed by atoms with E-state index < -0.39 is 23.2 Å². The average molecular weight is 393 g/mol. The number of aromatic hydroxyl groups is 1. The molecule has 0 radical (unpaired) electrons. The fourth-order valence-electron chi connectivity index (χ4n) is 3.94. The molecule has 0 bridgehead atoms. The van der Waals surface area contributed by atoms with Crippen molar-refractivity contribution in [2.75, 3.05) is 6.61 Å². The zero-order valence-corrected chi connectivity index (χ0v) is 15.9. The lowest BCUT2D eigenvalue weighted by atomic mass is 9.94. The van der Waals surface area contributed by atoms with Gasteiger partial charge in [-0.1, -0.05) is 48.5 Å². The van der Waals surface area contributed by atoms with Gasteiger partial charge in [0.15, 0.2) is 0 Å². The van der Waals surface area contributed by atoms with Crippen LogP contribution < -0.4 is 5.32 Å². The fraction of sp³-hybridized carbons (Fsp3) is 0.217. The second-order valence-corrected chi connectivity index (χ2v) is 7.18. The largest absolute Gasteiger partial charge is 0.506 e. The Kier molecular flexibility index (Phi) is 4.70. The quantitative estimate of drug-likeness (QED) is 0.665. The Balaban J connectivity index is 1.73. The highest BCUT2D eigenvalue weighted by atomic mass is 19.1. The molecule has 0 saturated heterocycles. The molecule has 0 saturated carbocycles. The Bertz CT molecular complexity index is 1100. The van der Waals surface area contributed by atoms with Gasteiger partial charge in [-0.3, -0.25) is 4.79 Å².